The lowest BCUT2D eigenvalue weighted by molar-refractivity contribution is 0.0167. The summed E-state index contributed by atoms with van der Waals surface area (Å²) in [6.07, 6.45) is 4.98. The molecule has 0 aliphatic heterocycles. The Kier molecular flexibility index (Phi) is 4.65. The van der Waals surface area contributed by atoms with Gasteiger partial charge in [-0.25, -0.2) is 0 Å². The van der Waals surface area contributed by atoms with Crippen LogP contribution in [-0.4, -0.2) is 17.3 Å². The minimum atomic E-state index is -0.648. The van der Waals surface area contributed by atoms with Crippen LogP contribution in [0.5, 0.6) is 0 Å². The number of aliphatic hydroxyl groups is 1. The van der Waals surface area contributed by atoms with E-state index in [4.69, 9.17) is 34.8 Å². The molecular weight excluding hydrogens is 293 g/mol. The first-order chi connectivity index (χ1) is 8.50. The van der Waals surface area contributed by atoms with Gasteiger partial charge in [-0.05, 0) is 25.0 Å². The summed E-state index contributed by atoms with van der Waals surface area (Å²) in [4.78, 5) is 0. The number of rotatable bonds is 3. The fourth-order valence-corrected chi connectivity index (χ4v) is 3.30. The molecule has 100 valence electrons. The van der Waals surface area contributed by atoms with Crippen molar-refractivity contribution in [3.05, 3.63) is 27.2 Å². The van der Waals surface area contributed by atoms with Crippen LogP contribution in [0, 0.1) is 0 Å². The van der Waals surface area contributed by atoms with E-state index in [-0.39, 0.29) is 0 Å². The summed E-state index contributed by atoms with van der Waals surface area (Å²) in [5, 5.41) is 15.0. The van der Waals surface area contributed by atoms with Gasteiger partial charge in [0.15, 0.2) is 0 Å². The third kappa shape index (κ3) is 3.45. The quantitative estimate of drug-likeness (QED) is 0.844. The van der Waals surface area contributed by atoms with E-state index in [0.717, 1.165) is 25.7 Å². The van der Waals surface area contributed by atoms with Gasteiger partial charge in [-0.2, -0.15) is 0 Å². The molecule has 1 aliphatic carbocycles. The summed E-state index contributed by atoms with van der Waals surface area (Å²) in [6.45, 7) is 0.466. The van der Waals surface area contributed by atoms with Gasteiger partial charge in [0.1, 0.15) is 0 Å². The molecule has 1 saturated carbocycles. The molecule has 1 aliphatic rings. The standard InChI is InChI=1S/C13H16Cl3NO/c14-9-6-10(15)12(11(16)7-9)17-8-13(18)4-2-1-3-5-13/h6-7,17-18H,1-5,8H2. The Labute approximate surface area is 122 Å². The van der Waals surface area contributed by atoms with Gasteiger partial charge in [0.05, 0.1) is 21.3 Å². The highest BCUT2D eigenvalue weighted by molar-refractivity contribution is 6.41. The normalized spacial score (nSPS) is 18.7. The summed E-state index contributed by atoms with van der Waals surface area (Å²) < 4.78 is 0. The fourth-order valence-electron chi connectivity index (χ4n) is 2.35. The van der Waals surface area contributed by atoms with Crippen molar-refractivity contribution in [3.63, 3.8) is 0 Å². The van der Waals surface area contributed by atoms with E-state index in [1.807, 2.05) is 0 Å². The van der Waals surface area contributed by atoms with Crippen LogP contribution in [-0.2, 0) is 0 Å². The lowest BCUT2D eigenvalue weighted by atomic mass is 9.85. The number of hydrogen-bond donors (Lipinski definition) is 2. The van der Waals surface area contributed by atoms with Crippen molar-refractivity contribution < 1.29 is 5.11 Å². The molecule has 0 bridgehead atoms. The predicted molar refractivity (Wildman–Crippen MR) is 78.0 cm³/mol. The fraction of sp³-hybridized carbons (Fsp3) is 0.538. The molecular formula is C13H16Cl3NO. The van der Waals surface area contributed by atoms with E-state index >= 15 is 0 Å². The maximum absolute atomic E-state index is 10.4. The highest BCUT2D eigenvalue weighted by Gasteiger charge is 2.29. The molecule has 18 heavy (non-hydrogen) atoms. The molecule has 0 atom stereocenters. The van der Waals surface area contributed by atoms with Crippen molar-refractivity contribution in [2.45, 2.75) is 37.7 Å². The molecule has 0 unspecified atom stereocenters. The van der Waals surface area contributed by atoms with E-state index in [1.54, 1.807) is 12.1 Å². The number of nitrogens with one attached hydrogen (secondary N) is 1. The first-order valence-corrected chi connectivity index (χ1v) is 7.24. The van der Waals surface area contributed by atoms with E-state index < -0.39 is 5.60 Å². The highest BCUT2D eigenvalue weighted by atomic mass is 35.5. The first-order valence-electron chi connectivity index (χ1n) is 6.11. The molecule has 0 amide bonds. The second-order valence-electron chi connectivity index (χ2n) is 4.88. The molecule has 0 spiro atoms. The third-order valence-electron chi connectivity index (χ3n) is 3.39. The highest BCUT2D eigenvalue weighted by Crippen LogP contribution is 2.35. The Bertz CT molecular complexity index is 407. The van der Waals surface area contributed by atoms with Gasteiger partial charge in [-0.15, -0.1) is 0 Å². The predicted octanol–water partition coefficient (Wildman–Crippen LogP) is 4.75. The number of halogens is 3. The van der Waals surface area contributed by atoms with E-state index in [2.05, 4.69) is 5.32 Å². The zero-order chi connectivity index (χ0) is 13.2. The van der Waals surface area contributed by atoms with Gasteiger partial charge in [-0.3, -0.25) is 0 Å². The second-order valence-corrected chi connectivity index (χ2v) is 6.13. The van der Waals surface area contributed by atoms with Crippen LogP contribution in [0.1, 0.15) is 32.1 Å². The van der Waals surface area contributed by atoms with Crippen LogP contribution >= 0.6 is 34.8 Å². The number of anilines is 1. The van der Waals surface area contributed by atoms with Gasteiger partial charge in [0, 0.05) is 11.6 Å². The van der Waals surface area contributed by atoms with Crippen molar-refractivity contribution in [2.75, 3.05) is 11.9 Å². The van der Waals surface area contributed by atoms with Crippen LogP contribution in [0.4, 0.5) is 5.69 Å². The molecule has 1 aromatic carbocycles. The molecule has 0 saturated heterocycles. The maximum Gasteiger partial charge on any atom is 0.0819 e. The maximum atomic E-state index is 10.4. The Hall–Kier alpha value is -0.150. The zero-order valence-electron chi connectivity index (χ0n) is 9.98. The van der Waals surface area contributed by atoms with Gasteiger partial charge < -0.3 is 10.4 Å². The Morgan fingerprint density at radius 2 is 1.61 bits per heavy atom. The Morgan fingerprint density at radius 3 is 2.17 bits per heavy atom. The molecule has 2 N–H and O–H groups in total. The SMILES string of the molecule is OC1(CNc2c(Cl)cc(Cl)cc2Cl)CCCCC1. The van der Waals surface area contributed by atoms with Crippen LogP contribution in [0.15, 0.2) is 12.1 Å². The second kappa shape index (κ2) is 5.87. The summed E-state index contributed by atoms with van der Waals surface area (Å²) >= 11 is 18.0. The van der Waals surface area contributed by atoms with Crippen LogP contribution in [0.3, 0.4) is 0 Å². The van der Waals surface area contributed by atoms with E-state index in [0.29, 0.717) is 27.3 Å². The minimum Gasteiger partial charge on any atom is -0.388 e. The third-order valence-corrected chi connectivity index (χ3v) is 4.20. The largest absolute Gasteiger partial charge is 0.388 e. The van der Waals surface area contributed by atoms with Crippen LogP contribution in [0.2, 0.25) is 15.1 Å². The molecule has 0 aromatic heterocycles. The van der Waals surface area contributed by atoms with Crippen molar-refractivity contribution in [2.24, 2.45) is 0 Å². The first kappa shape index (κ1) is 14.3. The van der Waals surface area contributed by atoms with Crippen LogP contribution in [0.25, 0.3) is 0 Å². The topological polar surface area (TPSA) is 32.3 Å². The Morgan fingerprint density at radius 1 is 1.06 bits per heavy atom. The van der Waals surface area contributed by atoms with Gasteiger partial charge in [0.2, 0.25) is 0 Å². The minimum absolute atomic E-state index is 0.466. The lowest BCUT2D eigenvalue weighted by Crippen LogP contribution is -2.38. The summed E-state index contributed by atoms with van der Waals surface area (Å²) in [5.41, 5.74) is -0.00778. The molecule has 0 heterocycles. The van der Waals surface area contributed by atoms with Crippen molar-refractivity contribution in [3.8, 4) is 0 Å². The molecule has 0 radical (unpaired) electrons. The molecule has 1 fully saturated rings. The molecule has 5 heteroatoms. The van der Waals surface area contributed by atoms with Gasteiger partial charge in [0.25, 0.3) is 0 Å². The van der Waals surface area contributed by atoms with E-state index in [9.17, 15) is 5.11 Å². The lowest BCUT2D eigenvalue weighted by Gasteiger charge is -2.32. The smallest absolute Gasteiger partial charge is 0.0819 e. The van der Waals surface area contributed by atoms with Gasteiger partial charge in [-0.1, -0.05) is 54.1 Å². The zero-order valence-corrected chi connectivity index (χ0v) is 12.2. The van der Waals surface area contributed by atoms with Crippen molar-refractivity contribution in [1.82, 2.24) is 0 Å². The summed E-state index contributed by atoms with van der Waals surface area (Å²) in [6, 6.07) is 3.28. The van der Waals surface area contributed by atoms with Crippen molar-refractivity contribution in [1.29, 1.82) is 0 Å². The summed E-state index contributed by atoms with van der Waals surface area (Å²) in [7, 11) is 0. The number of benzene rings is 1. The van der Waals surface area contributed by atoms with Crippen molar-refractivity contribution >= 4 is 40.5 Å². The van der Waals surface area contributed by atoms with Gasteiger partial charge >= 0.3 is 0 Å². The van der Waals surface area contributed by atoms with E-state index in [1.165, 1.54) is 6.42 Å². The average Bonchev–Trinajstić information content (AvgIpc) is 2.28. The monoisotopic (exact) mass is 307 g/mol. The molecule has 2 rings (SSSR count). The van der Waals surface area contributed by atoms with Crippen LogP contribution < -0.4 is 5.32 Å². The summed E-state index contributed by atoms with van der Waals surface area (Å²) in [5.74, 6) is 0. The average molecular weight is 309 g/mol. The molecule has 1 aromatic rings. The number of hydrogen-bond acceptors (Lipinski definition) is 2. The molecule has 2 nitrogen and oxygen atoms in total. The Balaban J connectivity index is 2.06.